The number of carbonyl (C=O) groups excluding carboxylic acids is 2. The zero-order valence-electron chi connectivity index (χ0n) is 12.9. The second kappa shape index (κ2) is 6.23. The predicted octanol–water partition coefficient (Wildman–Crippen LogP) is 3.33. The summed E-state index contributed by atoms with van der Waals surface area (Å²) in [6.07, 6.45) is 0. The van der Waals surface area contributed by atoms with E-state index in [0.29, 0.717) is 21.8 Å². The van der Waals surface area contributed by atoms with Crippen molar-refractivity contribution in [1.29, 1.82) is 0 Å². The van der Waals surface area contributed by atoms with Gasteiger partial charge in [0.1, 0.15) is 0 Å². The molecule has 5 nitrogen and oxygen atoms in total. The molecule has 116 valence electrons. The van der Waals surface area contributed by atoms with Crippen molar-refractivity contribution in [2.45, 2.75) is 13.8 Å². The standard InChI is InChI=1S/C16H17ClN2O3/c1-9-7-12(10(2)19(9)3)15(20)18-14-8-11(16(21)22-4)5-6-13(14)17/h5-8H,1-4H3,(H,18,20). The third kappa shape index (κ3) is 2.99. The average molecular weight is 321 g/mol. The first-order chi connectivity index (χ1) is 10.3. The van der Waals surface area contributed by atoms with Crippen LogP contribution in [0.15, 0.2) is 24.3 Å². The van der Waals surface area contributed by atoms with Gasteiger partial charge >= 0.3 is 5.97 Å². The van der Waals surface area contributed by atoms with E-state index in [4.69, 9.17) is 11.6 Å². The third-order valence-electron chi connectivity index (χ3n) is 3.66. The van der Waals surface area contributed by atoms with Gasteiger partial charge in [0, 0.05) is 18.4 Å². The second-order valence-corrected chi connectivity index (χ2v) is 5.39. The Balaban J connectivity index is 2.32. The molecule has 2 aromatic rings. The van der Waals surface area contributed by atoms with Crippen molar-refractivity contribution < 1.29 is 14.3 Å². The highest BCUT2D eigenvalue weighted by Gasteiger charge is 2.16. The lowest BCUT2D eigenvalue weighted by Gasteiger charge is -2.09. The number of nitrogens with one attached hydrogen (secondary N) is 1. The Labute approximate surface area is 133 Å². The number of hydrogen-bond donors (Lipinski definition) is 1. The zero-order chi connectivity index (χ0) is 16.4. The van der Waals surface area contributed by atoms with Crippen molar-refractivity contribution >= 4 is 29.2 Å². The molecule has 0 aliphatic rings. The van der Waals surface area contributed by atoms with Crippen LogP contribution < -0.4 is 5.32 Å². The molecule has 0 saturated heterocycles. The summed E-state index contributed by atoms with van der Waals surface area (Å²) in [6, 6.07) is 6.40. The Morgan fingerprint density at radius 2 is 1.91 bits per heavy atom. The van der Waals surface area contributed by atoms with Crippen molar-refractivity contribution in [2.75, 3.05) is 12.4 Å². The van der Waals surface area contributed by atoms with Gasteiger partial charge in [-0.15, -0.1) is 0 Å². The Kier molecular flexibility index (Phi) is 4.56. The van der Waals surface area contributed by atoms with Crippen molar-refractivity contribution in [3.05, 3.63) is 51.8 Å². The number of aryl methyl sites for hydroxylation is 1. The molecule has 0 spiro atoms. The van der Waals surface area contributed by atoms with Gasteiger partial charge in [0.25, 0.3) is 5.91 Å². The smallest absolute Gasteiger partial charge is 0.337 e. The first-order valence-electron chi connectivity index (χ1n) is 6.67. The number of nitrogens with zero attached hydrogens (tertiary/aromatic N) is 1. The molecular weight excluding hydrogens is 304 g/mol. The lowest BCUT2D eigenvalue weighted by Crippen LogP contribution is -2.14. The Bertz CT molecular complexity index is 750. The molecule has 2 rings (SSSR count). The fourth-order valence-electron chi connectivity index (χ4n) is 2.14. The van der Waals surface area contributed by atoms with Crippen LogP contribution in [0.2, 0.25) is 5.02 Å². The van der Waals surface area contributed by atoms with E-state index in [9.17, 15) is 9.59 Å². The van der Waals surface area contributed by atoms with Gasteiger partial charge in [-0.3, -0.25) is 4.79 Å². The van der Waals surface area contributed by atoms with Crippen LogP contribution in [0.5, 0.6) is 0 Å². The molecule has 0 saturated carbocycles. The predicted molar refractivity (Wildman–Crippen MR) is 85.6 cm³/mol. The van der Waals surface area contributed by atoms with Crippen LogP contribution in [0.4, 0.5) is 5.69 Å². The van der Waals surface area contributed by atoms with Crippen LogP contribution in [-0.2, 0) is 11.8 Å². The molecule has 1 amide bonds. The molecule has 1 aromatic heterocycles. The number of methoxy groups -OCH3 is 1. The summed E-state index contributed by atoms with van der Waals surface area (Å²) >= 11 is 6.08. The molecule has 6 heteroatoms. The number of anilines is 1. The molecule has 0 fully saturated rings. The first kappa shape index (κ1) is 16.1. The number of halogens is 1. The lowest BCUT2D eigenvalue weighted by molar-refractivity contribution is 0.0600. The van der Waals surface area contributed by atoms with Crippen LogP contribution >= 0.6 is 11.6 Å². The van der Waals surface area contributed by atoms with E-state index in [1.165, 1.54) is 13.2 Å². The fourth-order valence-corrected chi connectivity index (χ4v) is 2.31. The summed E-state index contributed by atoms with van der Waals surface area (Å²) in [7, 11) is 3.19. The van der Waals surface area contributed by atoms with Crippen molar-refractivity contribution in [2.24, 2.45) is 7.05 Å². The van der Waals surface area contributed by atoms with E-state index in [0.717, 1.165) is 11.4 Å². The molecule has 0 bridgehead atoms. The summed E-state index contributed by atoms with van der Waals surface area (Å²) in [6.45, 7) is 3.79. The highest BCUT2D eigenvalue weighted by atomic mass is 35.5. The molecule has 1 heterocycles. The molecule has 0 aliphatic heterocycles. The van der Waals surface area contributed by atoms with Crippen molar-refractivity contribution in [3.63, 3.8) is 0 Å². The zero-order valence-corrected chi connectivity index (χ0v) is 13.6. The van der Waals surface area contributed by atoms with Crippen LogP contribution in [0, 0.1) is 13.8 Å². The maximum absolute atomic E-state index is 12.4. The van der Waals surface area contributed by atoms with Gasteiger partial charge in [-0.05, 0) is 38.1 Å². The summed E-state index contributed by atoms with van der Waals surface area (Å²) in [5.41, 5.74) is 3.10. The molecule has 0 aliphatic carbocycles. The fraction of sp³-hybridized carbons (Fsp3) is 0.250. The Hall–Kier alpha value is -2.27. The summed E-state index contributed by atoms with van der Waals surface area (Å²) in [4.78, 5) is 24.0. The van der Waals surface area contributed by atoms with Gasteiger partial charge in [-0.25, -0.2) is 4.79 Å². The number of rotatable bonds is 3. The quantitative estimate of drug-likeness (QED) is 0.882. The number of benzene rings is 1. The number of ether oxygens (including phenoxy) is 1. The second-order valence-electron chi connectivity index (χ2n) is 4.98. The third-order valence-corrected chi connectivity index (χ3v) is 3.99. The lowest BCUT2D eigenvalue weighted by atomic mass is 10.2. The van der Waals surface area contributed by atoms with Gasteiger partial charge in [-0.2, -0.15) is 0 Å². The monoisotopic (exact) mass is 320 g/mol. The maximum atomic E-state index is 12.4. The number of esters is 1. The molecule has 0 atom stereocenters. The average Bonchev–Trinajstić information content (AvgIpc) is 2.76. The van der Waals surface area contributed by atoms with Crippen LogP contribution in [-0.4, -0.2) is 23.6 Å². The van der Waals surface area contributed by atoms with Gasteiger partial charge in [0.15, 0.2) is 0 Å². The van der Waals surface area contributed by atoms with Crippen molar-refractivity contribution in [1.82, 2.24) is 4.57 Å². The topological polar surface area (TPSA) is 60.3 Å². The molecule has 0 unspecified atom stereocenters. The van der Waals surface area contributed by atoms with Gasteiger partial charge < -0.3 is 14.6 Å². The van der Waals surface area contributed by atoms with Gasteiger partial charge in [0.05, 0.1) is 28.9 Å². The maximum Gasteiger partial charge on any atom is 0.337 e. The van der Waals surface area contributed by atoms with Crippen molar-refractivity contribution in [3.8, 4) is 0 Å². The molecule has 1 aromatic carbocycles. The van der Waals surface area contributed by atoms with Crippen LogP contribution in [0.1, 0.15) is 32.1 Å². The molecule has 22 heavy (non-hydrogen) atoms. The minimum Gasteiger partial charge on any atom is -0.465 e. The molecule has 0 radical (unpaired) electrons. The van der Waals surface area contributed by atoms with Crippen LogP contribution in [0.3, 0.4) is 0 Å². The Morgan fingerprint density at radius 1 is 1.23 bits per heavy atom. The van der Waals surface area contributed by atoms with E-state index in [2.05, 4.69) is 10.1 Å². The van der Waals surface area contributed by atoms with E-state index in [1.54, 1.807) is 12.1 Å². The highest BCUT2D eigenvalue weighted by Crippen LogP contribution is 2.25. The largest absolute Gasteiger partial charge is 0.465 e. The highest BCUT2D eigenvalue weighted by molar-refractivity contribution is 6.34. The SMILES string of the molecule is COC(=O)c1ccc(Cl)c(NC(=O)c2cc(C)n(C)c2C)c1. The number of hydrogen-bond acceptors (Lipinski definition) is 3. The summed E-state index contributed by atoms with van der Waals surface area (Å²) < 4.78 is 6.59. The number of aromatic nitrogens is 1. The first-order valence-corrected chi connectivity index (χ1v) is 7.05. The van der Waals surface area contributed by atoms with E-state index >= 15 is 0 Å². The number of amides is 1. The van der Waals surface area contributed by atoms with Gasteiger partial charge in [0.2, 0.25) is 0 Å². The van der Waals surface area contributed by atoms with E-state index in [1.807, 2.05) is 31.5 Å². The minimum atomic E-state index is -0.487. The summed E-state index contributed by atoms with van der Waals surface area (Å²) in [5, 5.41) is 3.09. The van der Waals surface area contributed by atoms with E-state index in [-0.39, 0.29) is 5.91 Å². The van der Waals surface area contributed by atoms with Gasteiger partial charge in [-0.1, -0.05) is 11.6 Å². The number of carbonyl (C=O) groups is 2. The Morgan fingerprint density at radius 3 is 2.45 bits per heavy atom. The summed E-state index contributed by atoms with van der Waals surface area (Å²) in [5.74, 6) is -0.760. The van der Waals surface area contributed by atoms with Crippen LogP contribution in [0.25, 0.3) is 0 Å². The normalized spacial score (nSPS) is 10.4. The minimum absolute atomic E-state index is 0.273. The van der Waals surface area contributed by atoms with E-state index < -0.39 is 5.97 Å². The molecule has 1 N–H and O–H groups in total. The molecular formula is C16H17ClN2O3.